The Morgan fingerprint density at radius 2 is 1.76 bits per heavy atom. The molecule has 0 aliphatic carbocycles. The number of nitro benzene ring substituents is 1. The second-order valence-corrected chi connectivity index (χ2v) is 5.35. The Labute approximate surface area is 145 Å². The summed E-state index contributed by atoms with van der Waals surface area (Å²) >= 11 is 0. The number of carbonyl (C=O) groups is 1. The van der Waals surface area contributed by atoms with Crippen molar-refractivity contribution in [2.24, 2.45) is 0 Å². The first kappa shape index (κ1) is 18.3. The van der Waals surface area contributed by atoms with Gasteiger partial charge in [-0.3, -0.25) is 14.9 Å². The van der Waals surface area contributed by atoms with E-state index in [1.54, 1.807) is 20.3 Å². The van der Waals surface area contributed by atoms with Crippen LogP contribution in [0.15, 0.2) is 42.5 Å². The Bertz CT molecular complexity index is 759. The van der Waals surface area contributed by atoms with E-state index in [9.17, 15) is 14.9 Å². The fourth-order valence-electron chi connectivity index (χ4n) is 2.47. The normalized spacial score (nSPS) is 11.5. The summed E-state index contributed by atoms with van der Waals surface area (Å²) in [4.78, 5) is 22.6. The summed E-state index contributed by atoms with van der Waals surface area (Å²) in [5.41, 5.74) is 1.20. The molecule has 0 spiro atoms. The summed E-state index contributed by atoms with van der Waals surface area (Å²) in [6.07, 6.45) is 0.675. The molecule has 1 amide bonds. The number of hydrogen-bond acceptors (Lipinski definition) is 5. The zero-order valence-corrected chi connectivity index (χ0v) is 14.3. The number of rotatable bonds is 7. The van der Waals surface area contributed by atoms with Crippen LogP contribution in [0.4, 0.5) is 5.69 Å². The Morgan fingerprint density at radius 3 is 2.28 bits per heavy atom. The Morgan fingerprint density at radius 1 is 1.12 bits per heavy atom. The molecular weight excluding hydrogens is 324 g/mol. The lowest BCUT2D eigenvalue weighted by Gasteiger charge is -2.19. The van der Waals surface area contributed by atoms with Crippen LogP contribution < -0.4 is 14.8 Å². The third kappa shape index (κ3) is 4.26. The van der Waals surface area contributed by atoms with Crippen LogP contribution in [0.25, 0.3) is 0 Å². The van der Waals surface area contributed by atoms with E-state index in [4.69, 9.17) is 9.47 Å². The van der Waals surface area contributed by atoms with Crippen molar-refractivity contribution >= 4 is 11.6 Å². The number of benzene rings is 2. The highest BCUT2D eigenvalue weighted by atomic mass is 16.6. The first-order valence-corrected chi connectivity index (χ1v) is 7.77. The second kappa shape index (κ2) is 8.14. The van der Waals surface area contributed by atoms with Gasteiger partial charge in [-0.2, -0.15) is 0 Å². The molecule has 7 heteroatoms. The van der Waals surface area contributed by atoms with E-state index in [-0.39, 0.29) is 17.6 Å². The van der Waals surface area contributed by atoms with Crippen LogP contribution in [-0.2, 0) is 0 Å². The van der Waals surface area contributed by atoms with Gasteiger partial charge in [-0.15, -0.1) is 0 Å². The maximum atomic E-state index is 12.4. The topological polar surface area (TPSA) is 90.7 Å². The number of ether oxygens (including phenoxy) is 2. The van der Waals surface area contributed by atoms with Gasteiger partial charge in [0.05, 0.1) is 25.2 Å². The van der Waals surface area contributed by atoms with Gasteiger partial charge in [-0.1, -0.05) is 13.0 Å². The average Bonchev–Trinajstić information content (AvgIpc) is 2.65. The van der Waals surface area contributed by atoms with Crippen molar-refractivity contribution in [3.63, 3.8) is 0 Å². The molecule has 25 heavy (non-hydrogen) atoms. The molecule has 0 heterocycles. The molecule has 1 N–H and O–H groups in total. The van der Waals surface area contributed by atoms with Crippen LogP contribution in [0.5, 0.6) is 11.5 Å². The third-order valence-corrected chi connectivity index (χ3v) is 3.86. The number of amides is 1. The lowest BCUT2D eigenvalue weighted by atomic mass is 10.0. The number of nitrogens with one attached hydrogen (secondary N) is 1. The van der Waals surface area contributed by atoms with E-state index in [2.05, 4.69) is 5.32 Å². The van der Waals surface area contributed by atoms with E-state index in [1.807, 2.05) is 19.1 Å². The van der Waals surface area contributed by atoms with Crippen LogP contribution in [0.3, 0.4) is 0 Å². The van der Waals surface area contributed by atoms with Crippen molar-refractivity contribution in [1.82, 2.24) is 5.32 Å². The van der Waals surface area contributed by atoms with Crippen molar-refractivity contribution in [2.75, 3.05) is 14.2 Å². The molecule has 2 aromatic carbocycles. The van der Waals surface area contributed by atoms with E-state index < -0.39 is 4.92 Å². The minimum atomic E-state index is -0.500. The van der Waals surface area contributed by atoms with Crippen molar-refractivity contribution < 1.29 is 19.2 Å². The predicted molar refractivity (Wildman–Crippen MR) is 93.1 cm³/mol. The molecule has 1 atom stereocenters. The van der Waals surface area contributed by atoms with Gasteiger partial charge in [0.2, 0.25) is 0 Å². The van der Waals surface area contributed by atoms with E-state index >= 15 is 0 Å². The quantitative estimate of drug-likeness (QED) is 0.613. The van der Waals surface area contributed by atoms with Crippen molar-refractivity contribution in [3.8, 4) is 11.5 Å². The first-order valence-electron chi connectivity index (χ1n) is 7.77. The summed E-state index contributed by atoms with van der Waals surface area (Å²) in [5.74, 6) is 0.905. The largest absolute Gasteiger partial charge is 0.493 e. The van der Waals surface area contributed by atoms with Crippen LogP contribution in [0.1, 0.15) is 35.3 Å². The first-order chi connectivity index (χ1) is 12.0. The van der Waals surface area contributed by atoms with Gasteiger partial charge >= 0.3 is 0 Å². The Kier molecular flexibility index (Phi) is 5.94. The molecule has 132 valence electrons. The number of nitro groups is 1. The Balaban J connectivity index is 2.18. The monoisotopic (exact) mass is 344 g/mol. The van der Waals surface area contributed by atoms with E-state index in [0.717, 1.165) is 5.56 Å². The molecule has 2 aromatic rings. The fourth-order valence-corrected chi connectivity index (χ4v) is 2.47. The van der Waals surface area contributed by atoms with Crippen LogP contribution in [-0.4, -0.2) is 25.1 Å². The molecule has 0 saturated heterocycles. The Hall–Kier alpha value is -3.09. The SMILES string of the molecule is CCC(NC(=O)c1ccc([N+](=O)[O-])cc1)c1ccc(OC)c(OC)c1. The van der Waals surface area contributed by atoms with Gasteiger partial charge in [0, 0.05) is 17.7 Å². The molecule has 7 nitrogen and oxygen atoms in total. The number of carbonyl (C=O) groups excluding carboxylic acids is 1. The van der Waals surface area contributed by atoms with E-state index in [1.165, 1.54) is 24.3 Å². The lowest BCUT2D eigenvalue weighted by Crippen LogP contribution is -2.28. The second-order valence-electron chi connectivity index (χ2n) is 5.35. The van der Waals surface area contributed by atoms with Gasteiger partial charge < -0.3 is 14.8 Å². The molecular formula is C18H20N2O5. The molecule has 1 unspecified atom stereocenters. The molecule has 2 rings (SSSR count). The average molecular weight is 344 g/mol. The fraction of sp³-hybridized carbons (Fsp3) is 0.278. The molecule has 0 bridgehead atoms. The predicted octanol–water partition coefficient (Wildman–Crippen LogP) is 3.49. The lowest BCUT2D eigenvalue weighted by molar-refractivity contribution is -0.384. The maximum Gasteiger partial charge on any atom is 0.269 e. The van der Waals surface area contributed by atoms with Gasteiger partial charge in [0.25, 0.3) is 11.6 Å². The van der Waals surface area contributed by atoms with Gasteiger partial charge in [-0.05, 0) is 36.2 Å². The van der Waals surface area contributed by atoms with Gasteiger partial charge in [-0.25, -0.2) is 0 Å². The molecule has 0 radical (unpaired) electrons. The molecule has 0 saturated carbocycles. The van der Waals surface area contributed by atoms with Gasteiger partial charge in [0.15, 0.2) is 11.5 Å². The van der Waals surface area contributed by atoms with Crippen molar-refractivity contribution in [3.05, 3.63) is 63.7 Å². The number of non-ortho nitro benzene ring substituents is 1. The highest BCUT2D eigenvalue weighted by Gasteiger charge is 2.17. The smallest absolute Gasteiger partial charge is 0.269 e. The van der Waals surface area contributed by atoms with Crippen LogP contribution >= 0.6 is 0 Å². The summed E-state index contributed by atoms with van der Waals surface area (Å²) in [7, 11) is 3.11. The molecule has 0 aromatic heterocycles. The van der Waals surface area contributed by atoms with Gasteiger partial charge in [0.1, 0.15) is 0 Å². The minimum absolute atomic E-state index is 0.0523. The number of hydrogen-bond donors (Lipinski definition) is 1. The molecule has 0 aliphatic rings. The highest BCUT2D eigenvalue weighted by Crippen LogP contribution is 2.31. The van der Waals surface area contributed by atoms with Crippen LogP contribution in [0.2, 0.25) is 0 Å². The molecule has 0 fully saturated rings. The van der Waals surface area contributed by atoms with E-state index in [0.29, 0.717) is 23.5 Å². The van der Waals surface area contributed by atoms with Crippen molar-refractivity contribution in [1.29, 1.82) is 0 Å². The zero-order valence-electron chi connectivity index (χ0n) is 14.3. The van der Waals surface area contributed by atoms with Crippen molar-refractivity contribution in [2.45, 2.75) is 19.4 Å². The standard InChI is InChI=1S/C18H20N2O5/c1-4-15(13-7-10-16(24-2)17(11-13)25-3)19-18(21)12-5-8-14(9-6-12)20(22)23/h5-11,15H,4H2,1-3H3,(H,19,21). The summed E-state index contributed by atoms with van der Waals surface area (Å²) in [6.45, 7) is 1.96. The van der Waals surface area contributed by atoms with Crippen LogP contribution in [0, 0.1) is 10.1 Å². The molecule has 0 aliphatic heterocycles. The maximum absolute atomic E-state index is 12.4. The summed E-state index contributed by atoms with van der Waals surface area (Å²) in [5, 5.41) is 13.6. The summed E-state index contributed by atoms with van der Waals surface area (Å²) in [6, 6.07) is 10.8. The zero-order chi connectivity index (χ0) is 18.4. The summed E-state index contributed by atoms with van der Waals surface area (Å²) < 4.78 is 10.5. The minimum Gasteiger partial charge on any atom is -0.493 e. The number of nitrogens with zero attached hydrogens (tertiary/aromatic N) is 1. The highest BCUT2D eigenvalue weighted by molar-refractivity contribution is 5.94. The third-order valence-electron chi connectivity index (χ3n) is 3.86. The number of methoxy groups -OCH3 is 2.